The molecule has 2 amide bonds. The van der Waals surface area contributed by atoms with Gasteiger partial charge in [-0.15, -0.1) is 0 Å². The van der Waals surface area contributed by atoms with E-state index in [1.807, 2.05) is 31.3 Å². The van der Waals surface area contributed by atoms with Crippen LogP contribution in [-0.4, -0.2) is 43.0 Å². The summed E-state index contributed by atoms with van der Waals surface area (Å²) in [4.78, 5) is 33.4. The predicted molar refractivity (Wildman–Crippen MR) is 122 cm³/mol. The van der Waals surface area contributed by atoms with Crippen LogP contribution in [0.5, 0.6) is 0 Å². The number of hydrogen-bond acceptors (Lipinski definition) is 5. The van der Waals surface area contributed by atoms with E-state index in [1.165, 1.54) is 20.0 Å². The smallest absolute Gasteiger partial charge is 0.414 e. The lowest BCUT2D eigenvalue weighted by atomic mass is 9.96. The van der Waals surface area contributed by atoms with E-state index in [0.29, 0.717) is 17.9 Å². The van der Waals surface area contributed by atoms with Crippen LogP contribution in [0.1, 0.15) is 44.7 Å². The summed E-state index contributed by atoms with van der Waals surface area (Å²) in [6, 6.07) is 9.69. The molecule has 2 aromatic rings. The van der Waals surface area contributed by atoms with Crippen LogP contribution < -0.4 is 9.80 Å². The molecular weight excluding hydrogens is 406 g/mol. The van der Waals surface area contributed by atoms with Crippen LogP contribution in [-0.2, 0) is 15.9 Å². The SMILES string of the molecule is COC(=O)N1c2ccc(-c3ccc(CC4CC4)nc3)cc2N(C(=O)OC2CCC2)C[C@@H]1C. The minimum Gasteiger partial charge on any atom is -0.452 e. The van der Waals surface area contributed by atoms with Crippen molar-refractivity contribution in [1.82, 2.24) is 4.98 Å². The standard InChI is InChI=1S/C25H29N3O4/c1-16-15-27(24(29)32-21-4-3-5-21)23-13-18(9-11-22(23)28(16)25(30)31-2)19-8-10-20(26-14-19)12-17-6-7-17/h8-11,13-14,16-17,21H,3-7,12,15H2,1-2H3/t16-/m0/s1. The molecule has 0 saturated heterocycles. The number of fused-ring (bicyclic) bond motifs is 1. The summed E-state index contributed by atoms with van der Waals surface area (Å²) in [6.45, 7) is 2.25. The Bertz CT molecular complexity index is 1010. The monoisotopic (exact) mass is 435 g/mol. The summed E-state index contributed by atoms with van der Waals surface area (Å²) in [5, 5.41) is 0. The molecule has 0 unspecified atom stereocenters. The van der Waals surface area contributed by atoms with Crippen molar-refractivity contribution in [2.75, 3.05) is 23.5 Å². The fraction of sp³-hybridized carbons (Fsp3) is 0.480. The van der Waals surface area contributed by atoms with Gasteiger partial charge in [0, 0.05) is 17.5 Å². The van der Waals surface area contributed by atoms with E-state index < -0.39 is 6.09 Å². The molecule has 0 bridgehead atoms. The van der Waals surface area contributed by atoms with Gasteiger partial charge in [0.15, 0.2) is 0 Å². The summed E-state index contributed by atoms with van der Waals surface area (Å²) in [5.74, 6) is 0.790. The first-order chi connectivity index (χ1) is 15.5. The quantitative estimate of drug-likeness (QED) is 0.662. The molecule has 2 aliphatic carbocycles. The molecule has 1 aromatic heterocycles. The number of pyridine rings is 1. The Morgan fingerprint density at radius 3 is 2.44 bits per heavy atom. The van der Waals surface area contributed by atoms with Crippen LogP contribution in [0.25, 0.3) is 11.1 Å². The number of hydrogen-bond donors (Lipinski definition) is 0. The number of methoxy groups -OCH3 is 1. The van der Waals surface area contributed by atoms with Crippen LogP contribution in [0.3, 0.4) is 0 Å². The maximum absolute atomic E-state index is 13.0. The lowest BCUT2D eigenvalue weighted by molar-refractivity contribution is 0.0570. The van der Waals surface area contributed by atoms with Crippen LogP contribution in [0.4, 0.5) is 21.0 Å². The molecule has 5 rings (SSSR count). The summed E-state index contributed by atoms with van der Waals surface area (Å²) in [6.07, 6.45) is 7.64. The van der Waals surface area contributed by atoms with Crippen LogP contribution in [0.2, 0.25) is 0 Å². The Morgan fingerprint density at radius 1 is 1.03 bits per heavy atom. The van der Waals surface area contributed by atoms with Gasteiger partial charge in [-0.1, -0.05) is 12.1 Å². The zero-order valence-electron chi connectivity index (χ0n) is 18.6. The first kappa shape index (κ1) is 20.8. The Labute approximate surface area is 188 Å². The van der Waals surface area contributed by atoms with Gasteiger partial charge in [0.05, 0.1) is 31.1 Å². The first-order valence-corrected chi connectivity index (χ1v) is 11.5. The molecule has 0 spiro atoms. The number of nitrogens with zero attached hydrogens (tertiary/aromatic N) is 3. The van der Waals surface area contributed by atoms with Crippen molar-refractivity contribution >= 4 is 23.6 Å². The van der Waals surface area contributed by atoms with Crippen molar-refractivity contribution in [2.24, 2.45) is 5.92 Å². The second kappa shape index (κ2) is 8.45. The predicted octanol–water partition coefficient (Wildman–Crippen LogP) is 5.17. The maximum Gasteiger partial charge on any atom is 0.414 e. The van der Waals surface area contributed by atoms with Crippen molar-refractivity contribution in [3.05, 3.63) is 42.2 Å². The molecule has 1 atom stereocenters. The number of benzene rings is 1. The average molecular weight is 436 g/mol. The highest BCUT2D eigenvalue weighted by atomic mass is 16.6. The van der Waals surface area contributed by atoms with Crippen LogP contribution in [0, 0.1) is 5.92 Å². The lowest BCUT2D eigenvalue weighted by Crippen LogP contribution is -2.52. The van der Waals surface area contributed by atoms with E-state index in [-0.39, 0.29) is 18.2 Å². The molecule has 0 N–H and O–H groups in total. The number of carbonyl (C=O) groups is 2. The molecule has 1 aromatic carbocycles. The second-order valence-electron chi connectivity index (χ2n) is 9.13. The topological polar surface area (TPSA) is 72.0 Å². The van der Waals surface area contributed by atoms with Gasteiger partial charge in [-0.05, 0) is 75.1 Å². The van der Waals surface area contributed by atoms with Crippen LogP contribution >= 0.6 is 0 Å². The summed E-state index contributed by atoms with van der Waals surface area (Å²) in [7, 11) is 1.37. The zero-order valence-corrected chi connectivity index (χ0v) is 18.6. The number of rotatable bonds is 4. The van der Waals surface area contributed by atoms with Crippen molar-refractivity contribution in [1.29, 1.82) is 0 Å². The third-order valence-electron chi connectivity index (χ3n) is 6.68. The van der Waals surface area contributed by atoms with E-state index in [1.54, 1.807) is 9.80 Å². The Balaban J connectivity index is 1.48. The van der Waals surface area contributed by atoms with E-state index in [0.717, 1.165) is 48.4 Å². The van der Waals surface area contributed by atoms with Gasteiger partial charge in [0.25, 0.3) is 0 Å². The molecule has 0 radical (unpaired) electrons. The Hall–Kier alpha value is -3.09. The fourth-order valence-electron chi connectivity index (χ4n) is 4.38. The summed E-state index contributed by atoms with van der Waals surface area (Å²) < 4.78 is 10.7. The highest BCUT2D eigenvalue weighted by Gasteiger charge is 2.37. The number of amides is 2. The van der Waals surface area contributed by atoms with Crippen molar-refractivity contribution in [2.45, 2.75) is 57.6 Å². The largest absolute Gasteiger partial charge is 0.452 e. The van der Waals surface area contributed by atoms with E-state index in [4.69, 9.17) is 9.47 Å². The van der Waals surface area contributed by atoms with Gasteiger partial charge in [0.2, 0.25) is 0 Å². The highest BCUT2D eigenvalue weighted by molar-refractivity contribution is 6.01. The highest BCUT2D eigenvalue weighted by Crippen LogP contribution is 2.40. The molecular formula is C25H29N3O4. The Kier molecular flexibility index (Phi) is 5.49. The average Bonchev–Trinajstić information content (AvgIpc) is 3.59. The van der Waals surface area contributed by atoms with Gasteiger partial charge in [-0.25, -0.2) is 9.59 Å². The molecule has 2 heterocycles. The normalized spacial score (nSPS) is 20.4. The molecule has 1 aliphatic heterocycles. The minimum atomic E-state index is -0.440. The maximum atomic E-state index is 13.0. The third kappa shape index (κ3) is 4.04. The van der Waals surface area contributed by atoms with Crippen molar-refractivity contribution in [3.8, 4) is 11.1 Å². The first-order valence-electron chi connectivity index (χ1n) is 11.5. The number of carbonyl (C=O) groups excluding carboxylic acids is 2. The van der Waals surface area contributed by atoms with E-state index >= 15 is 0 Å². The molecule has 2 saturated carbocycles. The van der Waals surface area contributed by atoms with Gasteiger partial charge >= 0.3 is 12.2 Å². The number of ether oxygens (including phenoxy) is 2. The molecule has 3 aliphatic rings. The van der Waals surface area contributed by atoms with Gasteiger partial charge in [-0.3, -0.25) is 14.8 Å². The van der Waals surface area contributed by atoms with E-state index in [9.17, 15) is 9.59 Å². The van der Waals surface area contributed by atoms with Gasteiger partial charge in [0.1, 0.15) is 6.10 Å². The summed E-state index contributed by atoms with van der Waals surface area (Å²) in [5.41, 5.74) is 4.32. The molecule has 7 heteroatoms. The molecule has 168 valence electrons. The molecule has 7 nitrogen and oxygen atoms in total. The second-order valence-corrected chi connectivity index (χ2v) is 9.13. The number of aromatic nitrogens is 1. The van der Waals surface area contributed by atoms with Gasteiger partial charge < -0.3 is 9.47 Å². The Morgan fingerprint density at radius 2 is 1.81 bits per heavy atom. The van der Waals surface area contributed by atoms with Crippen molar-refractivity contribution < 1.29 is 19.1 Å². The lowest BCUT2D eigenvalue weighted by Gasteiger charge is -2.40. The van der Waals surface area contributed by atoms with Crippen molar-refractivity contribution in [3.63, 3.8) is 0 Å². The van der Waals surface area contributed by atoms with Gasteiger partial charge in [-0.2, -0.15) is 0 Å². The minimum absolute atomic E-state index is 0.00807. The fourth-order valence-corrected chi connectivity index (χ4v) is 4.38. The van der Waals surface area contributed by atoms with Crippen LogP contribution in [0.15, 0.2) is 36.5 Å². The third-order valence-corrected chi connectivity index (χ3v) is 6.68. The van der Waals surface area contributed by atoms with E-state index in [2.05, 4.69) is 17.1 Å². The summed E-state index contributed by atoms with van der Waals surface area (Å²) >= 11 is 0. The molecule has 32 heavy (non-hydrogen) atoms. The number of anilines is 2. The molecule has 2 fully saturated rings. The zero-order chi connectivity index (χ0) is 22.2.